The quantitative estimate of drug-likeness (QED) is 0.0676. The Labute approximate surface area is 595 Å². The highest BCUT2D eigenvalue weighted by Gasteiger charge is 2.32. The minimum atomic E-state index is -0.407. The summed E-state index contributed by atoms with van der Waals surface area (Å²) in [7, 11) is 3.58. The van der Waals surface area contributed by atoms with Crippen molar-refractivity contribution in [3.8, 4) is 0 Å². The summed E-state index contributed by atoms with van der Waals surface area (Å²) in [6, 6.07) is 28.6. The molecule has 9 heterocycles. The van der Waals surface area contributed by atoms with Gasteiger partial charge in [0, 0.05) is 105 Å². The summed E-state index contributed by atoms with van der Waals surface area (Å²) in [5, 5.41) is 13.4. The number of nitrogens with one attached hydrogen (secondary N) is 9. The van der Waals surface area contributed by atoms with Gasteiger partial charge in [0.25, 0.3) is 22.2 Å². The molecule has 4 aromatic carbocycles. The van der Waals surface area contributed by atoms with Gasteiger partial charge in [0.1, 0.15) is 26.2 Å². The Kier molecular flexibility index (Phi) is 23.6. The molecule has 0 bridgehead atoms. The Bertz CT molecular complexity index is 4920. The lowest BCUT2D eigenvalue weighted by atomic mass is 10.1. The first-order valence-corrected chi connectivity index (χ1v) is 33.6. The SMILES string of the molecule is CC(=O)Nc1nc(C)c(CCC(=O)N2CC(=O)Nc3ccccc32)c(=O)[nH]1.Cc1nc(N(C)C)[nH]c(=O)c1CCC(=O)N1CC(=O)Nc2ccccc21.Cc1nc(N2CCCC2)[nH]c(=O)c1CCC(=O)N1CC(=O)Nc2ccccc21.Cc1nc[nH]c(=O)c1CCC(=O)N1CC(=O)Nc2ccccc21. The fourth-order valence-corrected chi connectivity index (χ4v) is 12.3. The summed E-state index contributed by atoms with van der Waals surface area (Å²) in [6.45, 7) is 9.93. The second kappa shape index (κ2) is 33.1. The Morgan fingerprint density at radius 3 is 1.11 bits per heavy atom. The van der Waals surface area contributed by atoms with Gasteiger partial charge in [0.05, 0.1) is 51.8 Å². The maximum Gasteiger partial charge on any atom is 0.255 e. The van der Waals surface area contributed by atoms with E-state index < -0.39 is 5.56 Å². The smallest absolute Gasteiger partial charge is 0.255 e. The molecule has 5 aliphatic rings. The Hall–Kier alpha value is -12.8. The van der Waals surface area contributed by atoms with Crippen LogP contribution < -0.4 is 78.2 Å². The van der Waals surface area contributed by atoms with E-state index in [4.69, 9.17) is 0 Å². The monoisotopic (exact) mass is 1420 g/mol. The number of hydrogen-bond donors (Lipinski definition) is 9. The lowest BCUT2D eigenvalue weighted by Crippen LogP contribution is -2.42. The van der Waals surface area contributed by atoms with Gasteiger partial charge in [-0.05, 0) is 115 Å². The van der Waals surface area contributed by atoms with Crippen molar-refractivity contribution < 1.29 is 43.2 Å². The van der Waals surface area contributed by atoms with Crippen molar-refractivity contribution in [3.63, 3.8) is 0 Å². The predicted octanol–water partition coefficient (Wildman–Crippen LogP) is 4.61. The lowest BCUT2D eigenvalue weighted by molar-refractivity contribution is -0.121. The van der Waals surface area contributed by atoms with Crippen LogP contribution in [0.4, 0.5) is 63.3 Å². The van der Waals surface area contributed by atoms with Gasteiger partial charge in [-0.1, -0.05) is 48.5 Å². The van der Waals surface area contributed by atoms with Crippen LogP contribution in [-0.2, 0) is 68.8 Å². The molecule has 32 heteroatoms. The number of benzene rings is 4. The molecule has 13 rings (SSSR count). The standard InChI is InChI=1S/C20H23N5O3.C18H19N5O4.C18H21N5O3.C16H16N4O3/c1-13-14(19(28)23-20(21-13)24-10-4-5-11-24)8-9-18(27)25-12-17(26)22-15-6-2-3-7-16(15)25;1-10-12(17(27)22-18(19-10)20-11(2)24)7-8-16(26)23-9-15(25)21-13-5-3-4-6-14(13)23;1-11-12(17(26)21-18(19-11)22(2)3)8-9-16(25)23-10-15(24)20-13-6-4-5-7-14(13)23;1-10-11(16(23)18-9-17-10)6-7-15(22)20-8-14(21)19-12-4-2-3-5-13(12)20/h2-3,6-7H,4-5,8-12H2,1H3,(H,22,26)(H,21,23,28);3-6H,7-9H2,1-2H3,(H,21,25)(H2,19,20,22,24,27);4-7H,8-10H2,1-3H3,(H,20,24)(H,19,21,26);2-5,9H,6-8H2,1H3,(H,19,21)(H,17,18,23). The summed E-state index contributed by atoms with van der Waals surface area (Å²) in [5.41, 5.74) is 8.17. The summed E-state index contributed by atoms with van der Waals surface area (Å²) < 4.78 is 0. The van der Waals surface area contributed by atoms with E-state index in [9.17, 15) is 62.3 Å². The molecule has 104 heavy (non-hydrogen) atoms. The number of rotatable bonds is 15. The number of aromatic nitrogens is 8. The molecule has 0 unspecified atom stereocenters. The molecule has 540 valence electrons. The van der Waals surface area contributed by atoms with Crippen molar-refractivity contribution in [2.75, 3.05) is 109 Å². The van der Waals surface area contributed by atoms with Gasteiger partial charge < -0.3 is 55.7 Å². The third-order valence-electron chi connectivity index (χ3n) is 17.6. The molecule has 1 fully saturated rings. The van der Waals surface area contributed by atoms with E-state index in [0.29, 0.717) is 102 Å². The molecule has 32 nitrogen and oxygen atoms in total. The molecule has 0 aliphatic carbocycles. The third kappa shape index (κ3) is 18.0. The van der Waals surface area contributed by atoms with Crippen LogP contribution in [0.15, 0.2) is 123 Å². The number of nitrogens with zero attached hydrogens (tertiary/aromatic N) is 10. The summed E-state index contributed by atoms with van der Waals surface area (Å²) in [6.07, 6.45) is 4.99. The molecule has 5 aliphatic heterocycles. The number of para-hydroxylation sites is 8. The molecule has 9 N–H and O–H groups in total. The average Bonchev–Trinajstić information content (AvgIpc) is 1.14. The van der Waals surface area contributed by atoms with Gasteiger partial charge in [0.2, 0.25) is 71.0 Å². The zero-order chi connectivity index (χ0) is 74.5. The Morgan fingerprint density at radius 1 is 0.433 bits per heavy atom. The average molecular weight is 1420 g/mol. The molecule has 0 spiro atoms. The van der Waals surface area contributed by atoms with Crippen molar-refractivity contribution in [2.45, 2.75) is 98.8 Å². The molecule has 9 amide bonds. The van der Waals surface area contributed by atoms with E-state index >= 15 is 0 Å². The van der Waals surface area contributed by atoms with E-state index in [1.165, 1.54) is 32.9 Å². The number of amides is 9. The number of H-pyrrole nitrogens is 4. The first-order valence-electron chi connectivity index (χ1n) is 33.6. The Balaban J connectivity index is 0.000000149. The number of aromatic amines is 4. The normalized spacial score (nSPS) is 14.0. The molecular formula is C72H79N19O13. The van der Waals surface area contributed by atoms with Crippen LogP contribution in [0.1, 0.15) is 90.5 Å². The van der Waals surface area contributed by atoms with Crippen molar-refractivity contribution in [2.24, 2.45) is 0 Å². The molecule has 0 atom stereocenters. The molecule has 8 aromatic rings. The molecule has 1 saturated heterocycles. The molecule has 0 saturated carbocycles. The summed E-state index contributed by atoms with van der Waals surface area (Å²) >= 11 is 0. The van der Waals surface area contributed by atoms with E-state index in [-0.39, 0.29) is 153 Å². The van der Waals surface area contributed by atoms with E-state index in [2.05, 4.69) is 71.4 Å². The molecule has 4 aromatic heterocycles. The summed E-state index contributed by atoms with van der Waals surface area (Å²) in [5.74, 6) is -1.000. The minimum Gasteiger partial charge on any atom is -0.348 e. The van der Waals surface area contributed by atoms with Crippen LogP contribution in [0.3, 0.4) is 0 Å². The third-order valence-corrected chi connectivity index (χ3v) is 17.6. The zero-order valence-corrected chi connectivity index (χ0v) is 58.4. The first-order chi connectivity index (χ1) is 49.8. The molecular weight excluding hydrogens is 1340 g/mol. The maximum absolute atomic E-state index is 12.8. The maximum atomic E-state index is 12.8. The van der Waals surface area contributed by atoms with Gasteiger partial charge in [-0.25, -0.2) is 19.9 Å². The van der Waals surface area contributed by atoms with Crippen molar-refractivity contribution >= 4 is 117 Å². The second-order valence-electron chi connectivity index (χ2n) is 25.1. The lowest BCUT2D eigenvalue weighted by Gasteiger charge is -2.29. The van der Waals surface area contributed by atoms with Gasteiger partial charge in [-0.3, -0.25) is 82.6 Å². The largest absolute Gasteiger partial charge is 0.348 e. The van der Waals surface area contributed by atoms with Crippen molar-refractivity contribution in [1.82, 2.24) is 39.9 Å². The Morgan fingerprint density at radius 2 is 0.769 bits per heavy atom. The highest BCUT2D eigenvalue weighted by atomic mass is 16.2. The zero-order valence-electron chi connectivity index (χ0n) is 58.4. The van der Waals surface area contributed by atoms with Gasteiger partial charge in [0.15, 0.2) is 0 Å². The van der Waals surface area contributed by atoms with Crippen LogP contribution >= 0.6 is 0 Å². The highest BCUT2D eigenvalue weighted by Crippen LogP contribution is 2.33. The molecule has 0 radical (unpaired) electrons. The fourth-order valence-electron chi connectivity index (χ4n) is 12.3. The minimum absolute atomic E-state index is 0.0156. The van der Waals surface area contributed by atoms with Crippen LogP contribution in [0.5, 0.6) is 0 Å². The van der Waals surface area contributed by atoms with E-state index in [1.807, 2.05) is 24.3 Å². The number of hydrogen-bond acceptors (Lipinski definition) is 19. The van der Waals surface area contributed by atoms with Gasteiger partial charge in [-0.15, -0.1) is 0 Å². The van der Waals surface area contributed by atoms with E-state index in [1.54, 1.807) is 119 Å². The predicted molar refractivity (Wildman–Crippen MR) is 391 cm³/mol. The van der Waals surface area contributed by atoms with Gasteiger partial charge >= 0.3 is 0 Å². The highest BCUT2D eigenvalue weighted by molar-refractivity contribution is 6.13. The van der Waals surface area contributed by atoms with Crippen LogP contribution in [0, 0.1) is 27.7 Å². The number of carbonyl (C=O) groups excluding carboxylic acids is 9. The first kappa shape index (κ1) is 73.9. The number of fused-ring (bicyclic) bond motifs is 4. The van der Waals surface area contributed by atoms with Crippen LogP contribution in [0.25, 0.3) is 0 Å². The number of aryl methyl sites for hydroxylation is 4. The fraction of sp³-hybridized carbons (Fsp3) is 0.319. The topological polar surface area (TPSA) is 416 Å². The second-order valence-corrected chi connectivity index (χ2v) is 25.1. The van der Waals surface area contributed by atoms with Crippen LogP contribution in [-0.4, -0.2) is 146 Å². The number of carbonyl (C=O) groups is 9. The summed E-state index contributed by atoms with van der Waals surface area (Å²) in [4.78, 5) is 195. The van der Waals surface area contributed by atoms with E-state index in [0.717, 1.165) is 25.9 Å². The van der Waals surface area contributed by atoms with Gasteiger partial charge in [-0.2, -0.15) is 0 Å². The van der Waals surface area contributed by atoms with Crippen molar-refractivity contribution in [1.29, 1.82) is 0 Å². The number of anilines is 11. The van der Waals surface area contributed by atoms with Crippen molar-refractivity contribution in [3.05, 3.63) is 190 Å². The van der Waals surface area contributed by atoms with Crippen LogP contribution in [0.2, 0.25) is 0 Å².